The van der Waals surface area contributed by atoms with Crippen LogP contribution in [0.2, 0.25) is 5.02 Å². The number of halogens is 1. The fraction of sp³-hybridized carbons (Fsp3) is 0.143. The maximum Gasteiger partial charge on any atom is 0.247 e. The molecule has 0 atom stereocenters. The number of imidazole rings is 1. The van der Waals surface area contributed by atoms with E-state index in [0.29, 0.717) is 28.7 Å². The third-order valence-corrected chi connectivity index (χ3v) is 3.34. The van der Waals surface area contributed by atoms with Crippen LogP contribution in [0.25, 0.3) is 11.0 Å². The van der Waals surface area contributed by atoms with Crippen LogP contribution in [0.3, 0.4) is 0 Å². The van der Waals surface area contributed by atoms with Gasteiger partial charge >= 0.3 is 0 Å². The Morgan fingerprint density at radius 1 is 1.30 bits per heavy atom. The molecule has 2 N–H and O–H groups in total. The van der Waals surface area contributed by atoms with E-state index in [1.54, 1.807) is 24.7 Å². The first-order valence-corrected chi connectivity index (χ1v) is 6.49. The van der Waals surface area contributed by atoms with Crippen molar-refractivity contribution in [1.82, 2.24) is 14.5 Å². The summed E-state index contributed by atoms with van der Waals surface area (Å²) in [6, 6.07) is 7.33. The van der Waals surface area contributed by atoms with Crippen molar-refractivity contribution < 1.29 is 4.74 Å². The number of aromatic nitrogens is 3. The third-order valence-electron chi connectivity index (χ3n) is 3.05. The monoisotopic (exact) mass is 288 g/mol. The Kier molecular flexibility index (Phi) is 3.30. The molecule has 0 unspecified atom stereocenters. The smallest absolute Gasteiger partial charge is 0.247 e. The predicted molar refractivity (Wildman–Crippen MR) is 77.9 cm³/mol. The molecule has 0 saturated heterocycles. The van der Waals surface area contributed by atoms with Crippen molar-refractivity contribution in [1.29, 1.82) is 0 Å². The van der Waals surface area contributed by atoms with Crippen LogP contribution in [0.1, 0.15) is 5.56 Å². The lowest BCUT2D eigenvalue weighted by molar-refractivity contribution is 0.468. The summed E-state index contributed by atoms with van der Waals surface area (Å²) in [6.07, 6.45) is 3.40. The minimum Gasteiger partial charge on any atom is -0.435 e. The molecule has 0 spiro atoms. The lowest BCUT2D eigenvalue weighted by Crippen LogP contribution is -1.97. The number of nitrogens with zero attached hydrogens (tertiary/aromatic N) is 3. The van der Waals surface area contributed by atoms with Gasteiger partial charge in [-0.1, -0.05) is 17.7 Å². The quantitative estimate of drug-likeness (QED) is 0.805. The Morgan fingerprint density at radius 3 is 2.90 bits per heavy atom. The highest BCUT2D eigenvalue weighted by atomic mass is 35.5. The summed E-state index contributed by atoms with van der Waals surface area (Å²) >= 11 is 6.18. The van der Waals surface area contributed by atoms with E-state index in [1.165, 1.54) is 0 Å². The Bertz CT molecular complexity index is 769. The molecular formula is C14H13ClN4O. The average molecular weight is 289 g/mol. The molecule has 1 aromatic carbocycles. The summed E-state index contributed by atoms with van der Waals surface area (Å²) in [5, 5.41) is 0.502. The largest absolute Gasteiger partial charge is 0.435 e. The first-order chi connectivity index (χ1) is 9.69. The van der Waals surface area contributed by atoms with Crippen LogP contribution in [0.15, 0.2) is 36.8 Å². The van der Waals surface area contributed by atoms with E-state index in [4.69, 9.17) is 22.1 Å². The van der Waals surface area contributed by atoms with Crippen molar-refractivity contribution in [3.63, 3.8) is 0 Å². The van der Waals surface area contributed by atoms with E-state index < -0.39 is 0 Å². The van der Waals surface area contributed by atoms with Gasteiger partial charge in [0, 0.05) is 19.8 Å². The molecule has 2 aromatic heterocycles. The first-order valence-electron chi connectivity index (χ1n) is 6.11. The summed E-state index contributed by atoms with van der Waals surface area (Å²) in [7, 11) is 1.92. The van der Waals surface area contributed by atoms with E-state index in [2.05, 4.69) is 9.97 Å². The number of hydrogen-bond acceptors (Lipinski definition) is 4. The molecule has 0 aliphatic carbocycles. The van der Waals surface area contributed by atoms with E-state index in [-0.39, 0.29) is 0 Å². The van der Waals surface area contributed by atoms with Gasteiger partial charge in [0.1, 0.15) is 5.75 Å². The number of benzene rings is 1. The van der Waals surface area contributed by atoms with Gasteiger partial charge in [-0.2, -0.15) is 0 Å². The summed E-state index contributed by atoms with van der Waals surface area (Å²) < 4.78 is 7.68. The summed E-state index contributed by atoms with van der Waals surface area (Å²) in [6.45, 7) is 0.439. The highest BCUT2D eigenvalue weighted by Crippen LogP contribution is 2.32. The van der Waals surface area contributed by atoms with Gasteiger partial charge in [0.05, 0.1) is 16.9 Å². The number of rotatable bonds is 3. The maximum absolute atomic E-state index is 6.18. The van der Waals surface area contributed by atoms with E-state index in [1.807, 2.05) is 23.7 Å². The zero-order valence-electron chi connectivity index (χ0n) is 10.9. The van der Waals surface area contributed by atoms with Gasteiger partial charge in [0.2, 0.25) is 5.88 Å². The molecule has 0 amide bonds. The van der Waals surface area contributed by atoms with Gasteiger partial charge in [0.25, 0.3) is 0 Å². The number of aryl methyl sites for hydroxylation is 1. The fourth-order valence-electron chi connectivity index (χ4n) is 1.97. The predicted octanol–water partition coefficient (Wildman–Crippen LogP) is 2.87. The van der Waals surface area contributed by atoms with Gasteiger partial charge in [-0.3, -0.25) is 0 Å². The second-order valence-electron chi connectivity index (χ2n) is 4.41. The second kappa shape index (κ2) is 5.11. The molecule has 0 aliphatic heterocycles. The van der Waals surface area contributed by atoms with Crippen LogP contribution in [-0.2, 0) is 13.6 Å². The van der Waals surface area contributed by atoms with Crippen LogP contribution in [0.4, 0.5) is 0 Å². The topological polar surface area (TPSA) is 66.0 Å². The fourth-order valence-corrected chi connectivity index (χ4v) is 2.21. The molecule has 0 aliphatic rings. The van der Waals surface area contributed by atoms with Crippen LogP contribution in [-0.4, -0.2) is 14.5 Å². The normalized spacial score (nSPS) is 10.9. The Hall–Kier alpha value is -2.11. The van der Waals surface area contributed by atoms with Crippen LogP contribution in [0.5, 0.6) is 11.6 Å². The van der Waals surface area contributed by atoms with E-state index in [0.717, 1.165) is 11.1 Å². The maximum atomic E-state index is 6.18. The molecule has 5 nitrogen and oxygen atoms in total. The van der Waals surface area contributed by atoms with Crippen molar-refractivity contribution in [3.8, 4) is 11.6 Å². The van der Waals surface area contributed by atoms with Crippen molar-refractivity contribution in [3.05, 3.63) is 47.4 Å². The van der Waals surface area contributed by atoms with Crippen LogP contribution in [0, 0.1) is 0 Å². The van der Waals surface area contributed by atoms with Crippen LogP contribution >= 0.6 is 11.6 Å². The Morgan fingerprint density at radius 2 is 2.15 bits per heavy atom. The number of hydrogen-bond donors (Lipinski definition) is 1. The summed E-state index contributed by atoms with van der Waals surface area (Å²) in [4.78, 5) is 8.51. The molecule has 3 rings (SSSR count). The average Bonchev–Trinajstić information content (AvgIpc) is 2.84. The summed E-state index contributed by atoms with van der Waals surface area (Å²) in [5.74, 6) is 0.972. The Balaban J connectivity index is 2.01. The molecule has 0 radical (unpaired) electrons. The molecule has 102 valence electrons. The van der Waals surface area contributed by atoms with Crippen molar-refractivity contribution in [2.45, 2.75) is 6.54 Å². The standard InChI is InChI=1S/C14H13ClN4O/c1-19-8-18-13-11(19)4-5-17-14(13)20-12-3-2-9(7-16)6-10(12)15/h2-6,8H,7,16H2,1H3. The molecule has 2 heterocycles. The van der Waals surface area contributed by atoms with Crippen molar-refractivity contribution in [2.75, 3.05) is 0 Å². The second-order valence-corrected chi connectivity index (χ2v) is 4.82. The zero-order chi connectivity index (χ0) is 14.1. The van der Waals surface area contributed by atoms with Gasteiger partial charge in [-0.25, -0.2) is 9.97 Å². The van der Waals surface area contributed by atoms with Gasteiger partial charge in [-0.05, 0) is 23.8 Å². The highest BCUT2D eigenvalue weighted by molar-refractivity contribution is 6.32. The van der Waals surface area contributed by atoms with Gasteiger partial charge in [0.15, 0.2) is 5.52 Å². The van der Waals surface area contributed by atoms with E-state index in [9.17, 15) is 0 Å². The number of ether oxygens (including phenoxy) is 1. The first kappa shape index (κ1) is 12.9. The minimum atomic E-state index is 0.436. The molecule has 0 saturated carbocycles. The van der Waals surface area contributed by atoms with Crippen LogP contribution < -0.4 is 10.5 Å². The number of fused-ring (bicyclic) bond motifs is 1. The van der Waals surface area contributed by atoms with Crippen molar-refractivity contribution >= 4 is 22.6 Å². The lowest BCUT2D eigenvalue weighted by Gasteiger charge is -2.08. The van der Waals surface area contributed by atoms with Gasteiger partial charge < -0.3 is 15.0 Å². The highest BCUT2D eigenvalue weighted by Gasteiger charge is 2.11. The third kappa shape index (κ3) is 2.21. The number of pyridine rings is 1. The SMILES string of the molecule is Cn1cnc2c(Oc3ccc(CN)cc3Cl)nccc21. The molecule has 0 fully saturated rings. The zero-order valence-corrected chi connectivity index (χ0v) is 11.6. The molecular weight excluding hydrogens is 276 g/mol. The molecule has 0 bridgehead atoms. The van der Waals surface area contributed by atoms with Gasteiger partial charge in [-0.15, -0.1) is 0 Å². The Labute approximate surface area is 121 Å². The molecule has 3 aromatic rings. The molecule has 20 heavy (non-hydrogen) atoms. The number of nitrogens with two attached hydrogens (primary N) is 1. The lowest BCUT2D eigenvalue weighted by atomic mass is 10.2. The van der Waals surface area contributed by atoms with E-state index >= 15 is 0 Å². The van der Waals surface area contributed by atoms with Crippen molar-refractivity contribution in [2.24, 2.45) is 12.8 Å². The summed E-state index contributed by atoms with van der Waals surface area (Å²) in [5.41, 5.74) is 8.18. The minimum absolute atomic E-state index is 0.436. The molecule has 6 heteroatoms.